The summed E-state index contributed by atoms with van der Waals surface area (Å²) in [6.45, 7) is 2.20. The molecule has 0 radical (unpaired) electrons. The number of sulfonamides is 1. The van der Waals surface area contributed by atoms with Crippen molar-refractivity contribution in [3.05, 3.63) is 0 Å². The van der Waals surface area contributed by atoms with Crippen LogP contribution >= 0.6 is 12.4 Å². The summed E-state index contributed by atoms with van der Waals surface area (Å²) in [4.78, 5) is 12.1. The molecule has 1 aliphatic carbocycles. The quantitative estimate of drug-likeness (QED) is 0.672. The molecule has 1 amide bonds. The van der Waals surface area contributed by atoms with Crippen LogP contribution in [-0.4, -0.2) is 44.2 Å². The molecule has 2 aliphatic heterocycles. The van der Waals surface area contributed by atoms with Gasteiger partial charge in [0.05, 0.1) is 0 Å². The predicted octanol–water partition coefficient (Wildman–Crippen LogP) is 1.31. The molecule has 0 aromatic carbocycles. The van der Waals surface area contributed by atoms with Gasteiger partial charge in [-0.15, -0.1) is 12.4 Å². The van der Waals surface area contributed by atoms with Crippen LogP contribution in [0.1, 0.15) is 58.3 Å². The highest BCUT2D eigenvalue weighted by Crippen LogP contribution is 2.27. The summed E-state index contributed by atoms with van der Waals surface area (Å²) in [7, 11) is -3.54. The van der Waals surface area contributed by atoms with E-state index < -0.39 is 15.8 Å². The fourth-order valence-electron chi connectivity index (χ4n) is 4.29. The van der Waals surface area contributed by atoms with Crippen molar-refractivity contribution in [2.24, 2.45) is 5.92 Å². The molecule has 8 heteroatoms. The lowest BCUT2D eigenvalue weighted by Crippen LogP contribution is -2.50. The minimum Gasteiger partial charge on any atom is -0.352 e. The number of hydrogen-bond donors (Lipinski definition) is 3. The zero-order valence-electron chi connectivity index (χ0n) is 14.3. The number of rotatable bonds is 5. The van der Waals surface area contributed by atoms with Crippen LogP contribution in [0.2, 0.25) is 0 Å². The van der Waals surface area contributed by atoms with Crippen molar-refractivity contribution < 1.29 is 13.2 Å². The van der Waals surface area contributed by atoms with Gasteiger partial charge in [0.15, 0.2) is 0 Å². The number of fused-ring (bicyclic) bond motifs is 2. The van der Waals surface area contributed by atoms with Crippen molar-refractivity contribution in [2.45, 2.75) is 82.5 Å². The maximum absolute atomic E-state index is 12.2. The maximum Gasteiger partial charge on any atom is 0.236 e. The molecular weight excluding hydrogens is 350 g/mol. The van der Waals surface area contributed by atoms with E-state index in [1.54, 1.807) is 0 Å². The first-order valence-corrected chi connectivity index (χ1v) is 10.6. The lowest BCUT2D eigenvalue weighted by molar-refractivity contribution is -0.119. The van der Waals surface area contributed by atoms with Crippen LogP contribution in [0.5, 0.6) is 0 Å². The highest BCUT2D eigenvalue weighted by molar-refractivity contribution is 7.90. The first-order valence-electron chi connectivity index (χ1n) is 8.95. The number of piperidine rings is 1. The summed E-state index contributed by atoms with van der Waals surface area (Å²) in [5, 5.41) is 6.44. The van der Waals surface area contributed by atoms with E-state index in [4.69, 9.17) is 0 Å². The molecule has 2 bridgehead atoms. The molecule has 2 saturated heterocycles. The van der Waals surface area contributed by atoms with Crippen molar-refractivity contribution in [3.63, 3.8) is 0 Å². The van der Waals surface area contributed by atoms with E-state index in [0.29, 0.717) is 18.0 Å². The summed E-state index contributed by atoms with van der Waals surface area (Å²) in [5.41, 5.74) is 0. The molecule has 3 fully saturated rings. The number of carbonyl (C=O) groups is 1. The third-order valence-corrected chi connectivity index (χ3v) is 6.86. The Morgan fingerprint density at radius 1 is 1.00 bits per heavy atom. The number of nitrogens with one attached hydrogen (secondary N) is 3. The third kappa shape index (κ3) is 5.58. The molecule has 2 heterocycles. The number of hydrogen-bond acceptors (Lipinski definition) is 4. The van der Waals surface area contributed by atoms with Gasteiger partial charge in [-0.2, -0.15) is 0 Å². The average Bonchev–Trinajstić information content (AvgIpc) is 2.79. The lowest BCUT2D eigenvalue weighted by atomic mass is 9.88. The summed E-state index contributed by atoms with van der Waals surface area (Å²) < 4.78 is 27.1. The second kappa shape index (κ2) is 8.34. The van der Waals surface area contributed by atoms with E-state index in [9.17, 15) is 13.2 Å². The maximum atomic E-state index is 12.2. The molecule has 140 valence electrons. The molecule has 0 aromatic rings. The fourth-order valence-corrected chi connectivity index (χ4v) is 5.55. The Morgan fingerprint density at radius 3 is 2.17 bits per heavy atom. The van der Waals surface area contributed by atoms with Crippen LogP contribution in [0, 0.1) is 5.92 Å². The Kier molecular flexibility index (Phi) is 6.93. The van der Waals surface area contributed by atoms with E-state index in [2.05, 4.69) is 22.3 Å². The molecule has 1 saturated carbocycles. The van der Waals surface area contributed by atoms with E-state index in [0.717, 1.165) is 51.4 Å². The molecule has 2 unspecified atom stereocenters. The summed E-state index contributed by atoms with van der Waals surface area (Å²) in [5.74, 6) is -0.138. The standard InChI is InChI=1S/C16H29N3O3S.ClH/c1-11-2-4-12(5-3-11)19-23(21,22)10-16(20)18-15-8-13-6-7-14(9-15)17-13;/h11-15,17,19H,2-10H2,1H3,(H,18,20);1H. The monoisotopic (exact) mass is 379 g/mol. The minimum atomic E-state index is -3.54. The van der Waals surface area contributed by atoms with Gasteiger partial charge in [-0.1, -0.05) is 6.92 Å². The third-order valence-electron chi connectivity index (χ3n) is 5.52. The van der Waals surface area contributed by atoms with E-state index in [1.165, 1.54) is 0 Å². The van der Waals surface area contributed by atoms with Gasteiger partial charge < -0.3 is 10.6 Å². The van der Waals surface area contributed by atoms with Gasteiger partial charge in [-0.05, 0) is 57.3 Å². The zero-order chi connectivity index (χ0) is 16.4. The number of halogens is 1. The van der Waals surface area contributed by atoms with Crippen LogP contribution in [0.4, 0.5) is 0 Å². The Hall–Kier alpha value is -0.370. The van der Waals surface area contributed by atoms with Gasteiger partial charge in [0.1, 0.15) is 5.75 Å². The van der Waals surface area contributed by atoms with Crippen molar-refractivity contribution in [3.8, 4) is 0 Å². The average molecular weight is 380 g/mol. The van der Waals surface area contributed by atoms with Crippen LogP contribution in [0.3, 0.4) is 0 Å². The highest BCUT2D eigenvalue weighted by Gasteiger charge is 2.34. The first-order chi connectivity index (χ1) is 10.9. The van der Waals surface area contributed by atoms with Crippen LogP contribution < -0.4 is 15.4 Å². The van der Waals surface area contributed by atoms with E-state index >= 15 is 0 Å². The van der Waals surface area contributed by atoms with Gasteiger partial charge in [0, 0.05) is 24.2 Å². The van der Waals surface area contributed by atoms with Crippen molar-refractivity contribution in [1.82, 2.24) is 15.4 Å². The summed E-state index contributed by atoms with van der Waals surface area (Å²) >= 11 is 0. The fraction of sp³-hybridized carbons (Fsp3) is 0.938. The zero-order valence-corrected chi connectivity index (χ0v) is 15.9. The highest BCUT2D eigenvalue weighted by atomic mass is 35.5. The van der Waals surface area contributed by atoms with Gasteiger partial charge in [0.25, 0.3) is 0 Å². The van der Waals surface area contributed by atoms with E-state index in [1.807, 2.05) is 0 Å². The van der Waals surface area contributed by atoms with Gasteiger partial charge >= 0.3 is 0 Å². The molecule has 2 atom stereocenters. The molecule has 24 heavy (non-hydrogen) atoms. The van der Waals surface area contributed by atoms with Crippen LogP contribution in [-0.2, 0) is 14.8 Å². The predicted molar refractivity (Wildman–Crippen MR) is 96.7 cm³/mol. The Bertz CT molecular complexity index is 523. The largest absolute Gasteiger partial charge is 0.352 e. The van der Waals surface area contributed by atoms with E-state index in [-0.39, 0.29) is 30.4 Å². The van der Waals surface area contributed by atoms with Crippen molar-refractivity contribution >= 4 is 28.3 Å². The molecule has 3 aliphatic rings. The normalized spacial score (nSPS) is 36.0. The SMILES string of the molecule is CC1CCC(NS(=O)(=O)CC(=O)NC2CC3CCC(C2)N3)CC1.Cl. The Morgan fingerprint density at radius 2 is 1.58 bits per heavy atom. The van der Waals surface area contributed by atoms with Crippen molar-refractivity contribution in [1.29, 1.82) is 0 Å². The van der Waals surface area contributed by atoms with Gasteiger partial charge in [0.2, 0.25) is 15.9 Å². The first kappa shape index (κ1) is 19.9. The second-order valence-electron chi connectivity index (χ2n) is 7.71. The summed E-state index contributed by atoms with van der Waals surface area (Å²) in [6, 6.07) is 1.08. The lowest BCUT2D eigenvalue weighted by Gasteiger charge is -2.30. The molecule has 0 aromatic heterocycles. The van der Waals surface area contributed by atoms with Gasteiger partial charge in [-0.3, -0.25) is 4.79 Å². The number of carbonyl (C=O) groups excluding carboxylic acids is 1. The van der Waals surface area contributed by atoms with Gasteiger partial charge in [-0.25, -0.2) is 13.1 Å². The topological polar surface area (TPSA) is 87.3 Å². The second-order valence-corrected chi connectivity index (χ2v) is 9.46. The minimum absolute atomic E-state index is 0. The molecule has 0 spiro atoms. The Balaban J connectivity index is 0.00000208. The smallest absolute Gasteiger partial charge is 0.236 e. The summed E-state index contributed by atoms with van der Waals surface area (Å²) in [6.07, 6.45) is 8.01. The molecule has 3 rings (SSSR count). The molecule has 3 N–H and O–H groups in total. The van der Waals surface area contributed by atoms with Crippen LogP contribution in [0.25, 0.3) is 0 Å². The number of amides is 1. The molecular formula is C16H30ClN3O3S. The molecule has 6 nitrogen and oxygen atoms in total. The van der Waals surface area contributed by atoms with Crippen molar-refractivity contribution in [2.75, 3.05) is 5.75 Å². The van der Waals surface area contributed by atoms with Crippen LogP contribution in [0.15, 0.2) is 0 Å². The Labute approximate surface area is 151 Å².